The van der Waals surface area contributed by atoms with Crippen LogP contribution in [0, 0.1) is 6.92 Å². The normalized spacial score (nSPS) is 18.5. The van der Waals surface area contributed by atoms with Gasteiger partial charge in [0, 0.05) is 18.0 Å². The Morgan fingerprint density at radius 2 is 2.29 bits per heavy atom. The molecule has 2 aromatic heterocycles. The van der Waals surface area contributed by atoms with Crippen LogP contribution in [0.2, 0.25) is 0 Å². The predicted octanol–water partition coefficient (Wildman–Crippen LogP) is 2.53. The van der Waals surface area contributed by atoms with E-state index in [-0.39, 0.29) is 12.0 Å². The molecule has 1 amide bonds. The van der Waals surface area contributed by atoms with E-state index in [1.807, 2.05) is 40.8 Å². The molecule has 0 saturated carbocycles. The first-order valence-electron chi connectivity index (χ1n) is 7.01. The molecule has 21 heavy (non-hydrogen) atoms. The zero-order chi connectivity index (χ0) is 14.7. The average molecular weight is 303 g/mol. The van der Waals surface area contributed by atoms with Crippen molar-refractivity contribution in [3.63, 3.8) is 0 Å². The van der Waals surface area contributed by atoms with Crippen molar-refractivity contribution < 1.29 is 9.53 Å². The molecule has 0 aliphatic carbocycles. The Balaban J connectivity index is 1.63. The molecule has 3 rings (SSSR count). The number of amides is 1. The summed E-state index contributed by atoms with van der Waals surface area (Å²) >= 11 is 1.54. The first kappa shape index (κ1) is 14.0. The van der Waals surface area contributed by atoms with Crippen LogP contribution < -0.4 is 4.74 Å². The van der Waals surface area contributed by atoms with Gasteiger partial charge in [-0.15, -0.1) is 5.10 Å². The Hall–Kier alpha value is -1.95. The first-order chi connectivity index (χ1) is 10.2. The van der Waals surface area contributed by atoms with E-state index in [0.29, 0.717) is 12.4 Å². The van der Waals surface area contributed by atoms with Crippen LogP contribution in [0.15, 0.2) is 29.0 Å². The molecule has 6 heteroatoms. The Morgan fingerprint density at radius 3 is 3.00 bits per heavy atom. The number of carbonyl (C=O) groups is 1. The Kier molecular flexibility index (Phi) is 4.15. The summed E-state index contributed by atoms with van der Waals surface area (Å²) in [5, 5.41) is 11.8. The van der Waals surface area contributed by atoms with Gasteiger partial charge in [0.15, 0.2) is 0 Å². The molecule has 0 bridgehead atoms. The summed E-state index contributed by atoms with van der Waals surface area (Å²) in [6, 6.07) is 5.56. The van der Waals surface area contributed by atoms with Gasteiger partial charge in [-0.3, -0.25) is 4.79 Å². The van der Waals surface area contributed by atoms with Gasteiger partial charge in [-0.25, -0.2) is 0 Å². The Bertz CT molecular complexity index is 598. The number of nitrogens with zero attached hydrogens (tertiary/aromatic N) is 3. The van der Waals surface area contributed by atoms with E-state index >= 15 is 0 Å². The van der Waals surface area contributed by atoms with Crippen LogP contribution >= 0.6 is 11.3 Å². The Morgan fingerprint density at radius 1 is 1.38 bits per heavy atom. The van der Waals surface area contributed by atoms with Gasteiger partial charge in [-0.2, -0.15) is 16.4 Å². The van der Waals surface area contributed by atoms with Gasteiger partial charge >= 0.3 is 0 Å². The van der Waals surface area contributed by atoms with Gasteiger partial charge in [-0.1, -0.05) is 0 Å². The van der Waals surface area contributed by atoms with Gasteiger partial charge in [0.25, 0.3) is 5.91 Å². The van der Waals surface area contributed by atoms with Crippen molar-refractivity contribution in [2.24, 2.45) is 0 Å². The fourth-order valence-electron chi connectivity index (χ4n) is 2.41. The molecule has 0 N–H and O–H groups in total. The van der Waals surface area contributed by atoms with Crippen molar-refractivity contribution in [3.05, 3.63) is 40.2 Å². The van der Waals surface area contributed by atoms with Crippen LogP contribution in [0.5, 0.6) is 5.88 Å². The summed E-state index contributed by atoms with van der Waals surface area (Å²) in [7, 11) is 0. The number of hydrogen-bond acceptors (Lipinski definition) is 5. The fraction of sp³-hybridized carbons (Fsp3) is 0.400. The molecule has 1 aliphatic heterocycles. The standard InChI is InChI=1S/C15H17N3O2S/c1-11-4-5-14(17-16-11)20-13-3-2-7-18(9-13)15(19)12-6-8-21-10-12/h4-6,8,10,13H,2-3,7,9H2,1H3/t13-/m0/s1. The molecule has 0 unspecified atom stereocenters. The van der Waals surface area contributed by atoms with Crippen LogP contribution in [0.25, 0.3) is 0 Å². The molecule has 0 aromatic carbocycles. The maximum absolute atomic E-state index is 12.4. The molecule has 2 aromatic rings. The quantitative estimate of drug-likeness (QED) is 0.874. The number of rotatable bonds is 3. The fourth-order valence-corrected chi connectivity index (χ4v) is 3.04. The monoisotopic (exact) mass is 303 g/mol. The summed E-state index contributed by atoms with van der Waals surface area (Å²) in [6.45, 7) is 3.27. The van der Waals surface area contributed by atoms with E-state index in [9.17, 15) is 4.79 Å². The number of likely N-dealkylation sites (tertiary alicyclic amines) is 1. The van der Waals surface area contributed by atoms with Crippen molar-refractivity contribution in [2.45, 2.75) is 25.9 Å². The topological polar surface area (TPSA) is 55.3 Å². The second-order valence-electron chi connectivity index (χ2n) is 5.16. The summed E-state index contributed by atoms with van der Waals surface area (Å²) < 4.78 is 5.84. The van der Waals surface area contributed by atoms with E-state index in [4.69, 9.17) is 4.74 Å². The lowest BCUT2D eigenvalue weighted by Crippen LogP contribution is -2.44. The number of hydrogen-bond donors (Lipinski definition) is 0. The lowest BCUT2D eigenvalue weighted by molar-refractivity contribution is 0.0526. The van der Waals surface area contributed by atoms with E-state index in [1.54, 1.807) is 0 Å². The molecular formula is C15H17N3O2S. The number of aryl methyl sites for hydroxylation is 1. The third-order valence-electron chi connectivity index (χ3n) is 3.49. The van der Waals surface area contributed by atoms with E-state index in [0.717, 1.165) is 30.6 Å². The third-order valence-corrected chi connectivity index (χ3v) is 4.18. The van der Waals surface area contributed by atoms with Gasteiger partial charge in [0.1, 0.15) is 6.10 Å². The number of aromatic nitrogens is 2. The number of piperidine rings is 1. The maximum Gasteiger partial charge on any atom is 0.254 e. The van der Waals surface area contributed by atoms with Crippen molar-refractivity contribution in [2.75, 3.05) is 13.1 Å². The SMILES string of the molecule is Cc1ccc(O[C@H]2CCCN(C(=O)c3ccsc3)C2)nn1. The van der Waals surface area contributed by atoms with Gasteiger partial charge in [0.05, 0.1) is 17.8 Å². The first-order valence-corrected chi connectivity index (χ1v) is 7.95. The zero-order valence-electron chi connectivity index (χ0n) is 11.9. The summed E-state index contributed by atoms with van der Waals surface area (Å²) in [5.41, 5.74) is 1.62. The highest BCUT2D eigenvalue weighted by Crippen LogP contribution is 2.19. The summed E-state index contributed by atoms with van der Waals surface area (Å²) in [4.78, 5) is 14.2. The minimum atomic E-state index is -0.0154. The van der Waals surface area contributed by atoms with Crippen molar-refractivity contribution in [1.82, 2.24) is 15.1 Å². The predicted molar refractivity (Wildman–Crippen MR) is 80.6 cm³/mol. The van der Waals surface area contributed by atoms with Crippen LogP contribution in [0.4, 0.5) is 0 Å². The largest absolute Gasteiger partial charge is 0.471 e. The molecular weight excluding hydrogens is 286 g/mol. The molecule has 5 nitrogen and oxygen atoms in total. The van der Waals surface area contributed by atoms with Crippen LogP contribution in [-0.4, -0.2) is 40.2 Å². The molecule has 0 radical (unpaired) electrons. The van der Waals surface area contributed by atoms with Crippen LogP contribution in [-0.2, 0) is 0 Å². The maximum atomic E-state index is 12.4. The van der Waals surface area contributed by atoms with Crippen LogP contribution in [0.3, 0.4) is 0 Å². The molecule has 0 spiro atoms. The van der Waals surface area contributed by atoms with E-state index < -0.39 is 0 Å². The number of ether oxygens (including phenoxy) is 1. The average Bonchev–Trinajstić information content (AvgIpc) is 3.03. The lowest BCUT2D eigenvalue weighted by atomic mass is 10.1. The smallest absolute Gasteiger partial charge is 0.254 e. The molecule has 110 valence electrons. The second kappa shape index (κ2) is 6.22. The molecule has 1 saturated heterocycles. The van der Waals surface area contributed by atoms with Crippen molar-refractivity contribution in [3.8, 4) is 5.88 Å². The molecule has 3 heterocycles. The minimum Gasteiger partial charge on any atom is -0.471 e. The molecule has 1 atom stereocenters. The van der Waals surface area contributed by atoms with Crippen LogP contribution in [0.1, 0.15) is 28.9 Å². The molecule has 1 aliphatic rings. The number of carbonyl (C=O) groups excluding carboxylic acids is 1. The molecule has 1 fully saturated rings. The summed E-state index contributed by atoms with van der Waals surface area (Å²) in [5.74, 6) is 0.606. The van der Waals surface area contributed by atoms with E-state index in [2.05, 4.69) is 10.2 Å². The highest BCUT2D eigenvalue weighted by molar-refractivity contribution is 7.08. The van der Waals surface area contributed by atoms with Gasteiger partial charge in [0.2, 0.25) is 5.88 Å². The Labute approximate surface area is 127 Å². The highest BCUT2D eigenvalue weighted by atomic mass is 32.1. The second-order valence-corrected chi connectivity index (χ2v) is 5.94. The van der Waals surface area contributed by atoms with E-state index in [1.165, 1.54) is 11.3 Å². The van der Waals surface area contributed by atoms with Gasteiger partial charge < -0.3 is 9.64 Å². The number of thiophene rings is 1. The lowest BCUT2D eigenvalue weighted by Gasteiger charge is -2.32. The minimum absolute atomic E-state index is 0.0154. The zero-order valence-corrected chi connectivity index (χ0v) is 12.7. The highest BCUT2D eigenvalue weighted by Gasteiger charge is 2.26. The van der Waals surface area contributed by atoms with Crippen molar-refractivity contribution >= 4 is 17.2 Å². The van der Waals surface area contributed by atoms with Crippen molar-refractivity contribution in [1.29, 1.82) is 0 Å². The summed E-state index contributed by atoms with van der Waals surface area (Å²) in [6.07, 6.45) is 1.86. The third kappa shape index (κ3) is 3.39. The van der Waals surface area contributed by atoms with Gasteiger partial charge in [-0.05, 0) is 37.3 Å².